The van der Waals surface area contributed by atoms with Crippen LogP contribution in [0.2, 0.25) is 0 Å². The van der Waals surface area contributed by atoms with Gasteiger partial charge in [0.05, 0.1) is 10.6 Å². The molecule has 0 atom stereocenters. The third kappa shape index (κ3) is 3.28. The third-order valence-electron chi connectivity index (χ3n) is 2.60. The third-order valence-corrected chi connectivity index (χ3v) is 3.67. The lowest BCUT2D eigenvalue weighted by molar-refractivity contribution is -0.384. The second kappa shape index (κ2) is 6.08. The molecule has 2 rings (SSSR count). The van der Waals surface area contributed by atoms with Gasteiger partial charge in [-0.15, -0.1) is 0 Å². The molecule has 0 amide bonds. The Balaban J connectivity index is 2.27. The van der Waals surface area contributed by atoms with Crippen molar-refractivity contribution in [2.24, 2.45) is 0 Å². The smallest absolute Gasteiger partial charge is 0.269 e. The topological polar surface area (TPSA) is 79.0 Å². The zero-order valence-corrected chi connectivity index (χ0v) is 11.5. The number of rotatable bonds is 4. The van der Waals surface area contributed by atoms with Gasteiger partial charge in [0.1, 0.15) is 0 Å². The molecule has 5 nitrogen and oxygen atoms in total. The van der Waals surface area contributed by atoms with Gasteiger partial charge in [-0.2, -0.15) is 5.26 Å². The highest BCUT2D eigenvalue weighted by Gasteiger charge is 2.07. The summed E-state index contributed by atoms with van der Waals surface area (Å²) in [6.45, 7) is 1.97. The minimum absolute atomic E-state index is 0.0639. The second-order valence-electron chi connectivity index (χ2n) is 4.09. The number of hydrogen-bond acceptors (Lipinski definition) is 5. The number of nitrogens with zero attached hydrogens (tertiary/aromatic N) is 2. The van der Waals surface area contributed by atoms with Crippen molar-refractivity contribution in [2.45, 2.75) is 16.7 Å². The van der Waals surface area contributed by atoms with Gasteiger partial charge in [-0.05, 0) is 36.8 Å². The summed E-state index contributed by atoms with van der Waals surface area (Å²) in [6.07, 6.45) is 1.90. The minimum Gasteiger partial charge on any atom is -0.292 e. The average molecular weight is 285 g/mol. The standard InChI is InChI=1S/C14H11N3O2S/c1-10-2-7-13(16-9-15)14(8-10)20-12-5-3-11(4-6-12)17(18)19/h2-8,16H,1H3. The molecule has 0 saturated carbocycles. The normalized spacial score (nSPS) is 9.80. The van der Waals surface area contributed by atoms with Crippen LogP contribution in [0.5, 0.6) is 0 Å². The predicted molar refractivity (Wildman–Crippen MR) is 77.6 cm³/mol. The summed E-state index contributed by atoms with van der Waals surface area (Å²) in [7, 11) is 0. The maximum absolute atomic E-state index is 10.6. The molecule has 20 heavy (non-hydrogen) atoms. The molecule has 0 unspecified atom stereocenters. The van der Waals surface area contributed by atoms with Crippen LogP contribution in [0, 0.1) is 28.5 Å². The first-order chi connectivity index (χ1) is 9.60. The maximum atomic E-state index is 10.6. The van der Waals surface area contributed by atoms with Crippen molar-refractivity contribution in [2.75, 3.05) is 5.32 Å². The molecule has 2 aromatic rings. The van der Waals surface area contributed by atoms with Crippen molar-refractivity contribution in [3.8, 4) is 6.19 Å². The fourth-order valence-electron chi connectivity index (χ4n) is 1.64. The van der Waals surface area contributed by atoms with E-state index in [4.69, 9.17) is 5.26 Å². The summed E-state index contributed by atoms with van der Waals surface area (Å²) < 4.78 is 0. The Kier molecular flexibility index (Phi) is 4.23. The molecule has 0 aliphatic rings. The number of nitriles is 1. The number of nitro benzene ring substituents is 1. The van der Waals surface area contributed by atoms with Gasteiger partial charge in [-0.25, -0.2) is 0 Å². The van der Waals surface area contributed by atoms with Crippen LogP contribution in [-0.4, -0.2) is 4.92 Å². The van der Waals surface area contributed by atoms with Crippen LogP contribution < -0.4 is 5.32 Å². The highest BCUT2D eigenvalue weighted by molar-refractivity contribution is 7.99. The van der Waals surface area contributed by atoms with Crippen LogP contribution in [0.3, 0.4) is 0 Å². The van der Waals surface area contributed by atoms with E-state index in [1.165, 1.54) is 23.9 Å². The van der Waals surface area contributed by atoms with Crippen molar-refractivity contribution >= 4 is 23.1 Å². The highest BCUT2D eigenvalue weighted by Crippen LogP contribution is 2.34. The first kappa shape index (κ1) is 13.9. The molecule has 0 aromatic heterocycles. The SMILES string of the molecule is Cc1ccc(NC#N)c(Sc2ccc([N+](=O)[O-])cc2)c1. The Labute approximate surface area is 120 Å². The molecule has 0 heterocycles. The zero-order chi connectivity index (χ0) is 14.5. The molecule has 100 valence electrons. The van der Waals surface area contributed by atoms with Crippen molar-refractivity contribution in [3.05, 3.63) is 58.1 Å². The Bertz CT molecular complexity index is 678. The molecule has 1 N–H and O–H groups in total. The summed E-state index contributed by atoms with van der Waals surface area (Å²) in [4.78, 5) is 12.0. The predicted octanol–water partition coefficient (Wildman–Crippen LogP) is 3.95. The van der Waals surface area contributed by atoms with E-state index in [2.05, 4.69) is 5.32 Å². The Morgan fingerprint density at radius 2 is 1.95 bits per heavy atom. The Hall–Kier alpha value is -2.52. The van der Waals surface area contributed by atoms with Crippen molar-refractivity contribution in [1.82, 2.24) is 0 Å². The Morgan fingerprint density at radius 3 is 2.55 bits per heavy atom. The number of aryl methyl sites for hydroxylation is 1. The zero-order valence-electron chi connectivity index (χ0n) is 10.7. The first-order valence-corrected chi connectivity index (χ1v) is 6.60. The summed E-state index contributed by atoms with van der Waals surface area (Å²) >= 11 is 1.45. The molecule has 0 bridgehead atoms. The number of benzene rings is 2. The fourth-order valence-corrected chi connectivity index (χ4v) is 2.64. The number of nitro groups is 1. The molecular weight excluding hydrogens is 274 g/mol. The van der Waals surface area contributed by atoms with E-state index in [0.717, 1.165) is 21.0 Å². The number of hydrogen-bond donors (Lipinski definition) is 1. The lowest BCUT2D eigenvalue weighted by Crippen LogP contribution is -1.91. The molecule has 2 aromatic carbocycles. The number of non-ortho nitro benzene ring substituents is 1. The average Bonchev–Trinajstić information content (AvgIpc) is 2.42. The van der Waals surface area contributed by atoms with Gasteiger partial charge < -0.3 is 0 Å². The first-order valence-electron chi connectivity index (χ1n) is 5.78. The van der Waals surface area contributed by atoms with Crippen molar-refractivity contribution in [1.29, 1.82) is 5.26 Å². The maximum Gasteiger partial charge on any atom is 0.269 e. The number of anilines is 1. The van der Waals surface area contributed by atoms with E-state index in [1.54, 1.807) is 12.1 Å². The molecule has 0 fully saturated rings. The van der Waals surface area contributed by atoms with Crippen LogP contribution in [0.25, 0.3) is 0 Å². The van der Waals surface area contributed by atoms with Crippen LogP contribution in [0.4, 0.5) is 11.4 Å². The van der Waals surface area contributed by atoms with Crippen molar-refractivity contribution in [3.63, 3.8) is 0 Å². The van der Waals surface area contributed by atoms with Crippen LogP contribution in [-0.2, 0) is 0 Å². The fraction of sp³-hybridized carbons (Fsp3) is 0.0714. The molecule has 0 aliphatic carbocycles. The van der Waals surface area contributed by atoms with Gasteiger partial charge in [0.25, 0.3) is 5.69 Å². The van der Waals surface area contributed by atoms with Gasteiger partial charge in [-0.1, -0.05) is 17.8 Å². The summed E-state index contributed by atoms with van der Waals surface area (Å²) in [5.41, 5.74) is 1.87. The van der Waals surface area contributed by atoms with Gasteiger partial charge in [0.2, 0.25) is 0 Å². The van der Waals surface area contributed by atoms with Crippen molar-refractivity contribution < 1.29 is 4.92 Å². The quantitative estimate of drug-likeness (QED) is 0.398. The van der Waals surface area contributed by atoms with Gasteiger partial charge >= 0.3 is 0 Å². The van der Waals surface area contributed by atoms with E-state index in [0.29, 0.717) is 0 Å². The van der Waals surface area contributed by atoms with Gasteiger partial charge in [0.15, 0.2) is 6.19 Å². The lowest BCUT2D eigenvalue weighted by Gasteiger charge is -2.08. The minimum atomic E-state index is -0.427. The second-order valence-corrected chi connectivity index (χ2v) is 5.20. The molecule has 0 saturated heterocycles. The Morgan fingerprint density at radius 1 is 1.25 bits per heavy atom. The summed E-state index contributed by atoms with van der Waals surface area (Å²) in [5.74, 6) is 0. The van der Waals surface area contributed by atoms with Gasteiger partial charge in [-0.3, -0.25) is 15.4 Å². The number of nitrogens with one attached hydrogen (secondary N) is 1. The highest BCUT2D eigenvalue weighted by atomic mass is 32.2. The molecule has 0 aliphatic heterocycles. The summed E-state index contributed by atoms with van der Waals surface area (Å²) in [5, 5.41) is 22.0. The van der Waals surface area contributed by atoms with E-state index in [9.17, 15) is 10.1 Å². The van der Waals surface area contributed by atoms with Crippen LogP contribution >= 0.6 is 11.8 Å². The van der Waals surface area contributed by atoms with Crippen LogP contribution in [0.15, 0.2) is 52.3 Å². The molecular formula is C14H11N3O2S. The van der Waals surface area contributed by atoms with E-state index >= 15 is 0 Å². The summed E-state index contributed by atoms with van der Waals surface area (Å²) in [6, 6.07) is 12.0. The van der Waals surface area contributed by atoms with E-state index < -0.39 is 4.92 Å². The van der Waals surface area contributed by atoms with Crippen LogP contribution in [0.1, 0.15) is 5.56 Å². The molecule has 0 radical (unpaired) electrons. The van der Waals surface area contributed by atoms with Gasteiger partial charge in [0, 0.05) is 21.9 Å². The molecule has 0 spiro atoms. The van der Waals surface area contributed by atoms with E-state index in [1.807, 2.05) is 31.3 Å². The lowest BCUT2D eigenvalue weighted by atomic mass is 10.2. The molecule has 6 heteroatoms. The van der Waals surface area contributed by atoms with E-state index in [-0.39, 0.29) is 5.69 Å². The largest absolute Gasteiger partial charge is 0.292 e. The monoisotopic (exact) mass is 285 g/mol.